The van der Waals surface area contributed by atoms with Crippen molar-refractivity contribution in [3.8, 4) is 0 Å². The zero-order chi connectivity index (χ0) is 14.3. The molecule has 0 aliphatic carbocycles. The van der Waals surface area contributed by atoms with Gasteiger partial charge in [0.05, 0.1) is 0 Å². The summed E-state index contributed by atoms with van der Waals surface area (Å²) in [6.45, 7) is 7.85. The van der Waals surface area contributed by atoms with Crippen LogP contribution in [-0.4, -0.2) is 23.9 Å². The number of benzene rings is 1. The molecule has 1 saturated heterocycles. The largest absolute Gasteiger partial charge is 0.451 e. The fourth-order valence-electron chi connectivity index (χ4n) is 2.92. The molecule has 106 valence electrons. The quantitative estimate of drug-likeness (QED) is 0.786. The first-order valence-electron chi connectivity index (χ1n) is 7.37. The molecule has 0 radical (unpaired) electrons. The van der Waals surface area contributed by atoms with E-state index in [-0.39, 0.29) is 5.91 Å². The van der Waals surface area contributed by atoms with Crippen molar-refractivity contribution in [1.82, 2.24) is 4.90 Å². The SMILES string of the molecule is Cc1cc2oc(C(=O)N3CCCCC3)c(C)c2cc1C. The molecule has 0 saturated carbocycles. The Morgan fingerprint density at radius 1 is 1.05 bits per heavy atom. The van der Waals surface area contributed by atoms with Crippen molar-refractivity contribution >= 4 is 16.9 Å². The number of fused-ring (bicyclic) bond motifs is 1. The number of carbonyl (C=O) groups excluding carboxylic acids is 1. The minimum atomic E-state index is 0.0497. The maximum Gasteiger partial charge on any atom is 0.289 e. The molecule has 0 bridgehead atoms. The van der Waals surface area contributed by atoms with Crippen molar-refractivity contribution in [2.24, 2.45) is 0 Å². The second kappa shape index (κ2) is 4.97. The molecule has 0 atom stereocenters. The fourth-order valence-corrected chi connectivity index (χ4v) is 2.92. The molecule has 2 heterocycles. The first-order chi connectivity index (χ1) is 9.58. The zero-order valence-corrected chi connectivity index (χ0v) is 12.5. The summed E-state index contributed by atoms with van der Waals surface area (Å²) in [5.74, 6) is 0.570. The van der Waals surface area contributed by atoms with E-state index in [1.807, 2.05) is 17.9 Å². The van der Waals surface area contributed by atoms with Gasteiger partial charge in [0.25, 0.3) is 5.91 Å². The highest BCUT2D eigenvalue weighted by molar-refractivity contribution is 5.99. The predicted molar refractivity (Wildman–Crippen MR) is 80.2 cm³/mol. The Hall–Kier alpha value is -1.77. The number of furan rings is 1. The van der Waals surface area contributed by atoms with Crippen molar-refractivity contribution in [2.45, 2.75) is 40.0 Å². The van der Waals surface area contributed by atoms with Crippen LogP contribution in [0.2, 0.25) is 0 Å². The monoisotopic (exact) mass is 271 g/mol. The molecule has 1 aliphatic rings. The smallest absolute Gasteiger partial charge is 0.289 e. The molecule has 0 spiro atoms. The van der Waals surface area contributed by atoms with E-state index in [4.69, 9.17) is 4.42 Å². The second-order valence-electron chi connectivity index (χ2n) is 5.84. The van der Waals surface area contributed by atoms with Gasteiger partial charge in [-0.05, 0) is 63.3 Å². The van der Waals surface area contributed by atoms with E-state index in [0.29, 0.717) is 5.76 Å². The van der Waals surface area contributed by atoms with Crippen LogP contribution in [0.25, 0.3) is 11.0 Å². The third-order valence-corrected chi connectivity index (χ3v) is 4.39. The van der Waals surface area contributed by atoms with Gasteiger partial charge < -0.3 is 9.32 Å². The summed E-state index contributed by atoms with van der Waals surface area (Å²) in [7, 11) is 0. The van der Waals surface area contributed by atoms with Crippen LogP contribution in [0, 0.1) is 20.8 Å². The third-order valence-electron chi connectivity index (χ3n) is 4.39. The third kappa shape index (κ3) is 2.11. The average Bonchev–Trinajstić information content (AvgIpc) is 2.77. The van der Waals surface area contributed by atoms with Crippen LogP contribution in [-0.2, 0) is 0 Å². The molecule has 1 fully saturated rings. The first kappa shape index (κ1) is 13.2. The minimum absolute atomic E-state index is 0.0497. The molecule has 1 aromatic heterocycles. The summed E-state index contributed by atoms with van der Waals surface area (Å²) in [4.78, 5) is 14.5. The number of rotatable bonds is 1. The van der Waals surface area contributed by atoms with Gasteiger partial charge in [-0.15, -0.1) is 0 Å². The van der Waals surface area contributed by atoms with Gasteiger partial charge in [-0.1, -0.05) is 0 Å². The maximum absolute atomic E-state index is 12.6. The van der Waals surface area contributed by atoms with Gasteiger partial charge in [0.1, 0.15) is 5.58 Å². The number of aryl methyl sites for hydroxylation is 3. The summed E-state index contributed by atoms with van der Waals surface area (Å²) in [5, 5.41) is 1.06. The van der Waals surface area contributed by atoms with Gasteiger partial charge >= 0.3 is 0 Å². The van der Waals surface area contributed by atoms with Crippen LogP contribution in [0.4, 0.5) is 0 Å². The lowest BCUT2D eigenvalue weighted by Gasteiger charge is -2.25. The molecular formula is C17H21NO2. The van der Waals surface area contributed by atoms with Crippen LogP contribution >= 0.6 is 0 Å². The van der Waals surface area contributed by atoms with E-state index in [1.165, 1.54) is 17.5 Å². The number of hydrogen-bond donors (Lipinski definition) is 0. The Labute approximate surface area is 119 Å². The highest BCUT2D eigenvalue weighted by Crippen LogP contribution is 2.29. The molecule has 2 aromatic rings. The summed E-state index contributed by atoms with van der Waals surface area (Å²) in [5.41, 5.74) is 4.23. The summed E-state index contributed by atoms with van der Waals surface area (Å²) >= 11 is 0. The van der Waals surface area contributed by atoms with Crippen molar-refractivity contribution in [2.75, 3.05) is 13.1 Å². The molecule has 1 aromatic carbocycles. The highest BCUT2D eigenvalue weighted by Gasteiger charge is 2.24. The van der Waals surface area contributed by atoms with Gasteiger partial charge in [-0.2, -0.15) is 0 Å². The van der Waals surface area contributed by atoms with Gasteiger partial charge in [0.2, 0.25) is 0 Å². The molecule has 3 heteroatoms. The second-order valence-corrected chi connectivity index (χ2v) is 5.84. The van der Waals surface area contributed by atoms with E-state index in [1.54, 1.807) is 0 Å². The van der Waals surface area contributed by atoms with Crippen molar-refractivity contribution in [3.05, 3.63) is 34.6 Å². The topological polar surface area (TPSA) is 33.5 Å². The molecule has 1 aliphatic heterocycles. The maximum atomic E-state index is 12.6. The van der Waals surface area contributed by atoms with Gasteiger partial charge in [0.15, 0.2) is 5.76 Å². The molecule has 3 rings (SSSR count). The van der Waals surface area contributed by atoms with Gasteiger partial charge in [0, 0.05) is 24.0 Å². The molecular weight excluding hydrogens is 250 g/mol. The van der Waals surface area contributed by atoms with Crippen LogP contribution in [0.5, 0.6) is 0 Å². The summed E-state index contributed by atoms with van der Waals surface area (Å²) < 4.78 is 5.86. The number of nitrogens with zero attached hydrogens (tertiary/aromatic N) is 1. The molecule has 0 unspecified atom stereocenters. The Morgan fingerprint density at radius 3 is 2.40 bits per heavy atom. The minimum Gasteiger partial charge on any atom is -0.451 e. The standard InChI is InChI=1S/C17H21NO2/c1-11-9-14-13(3)16(20-15(14)10-12(11)2)17(19)18-7-5-4-6-8-18/h9-10H,4-8H2,1-3H3. The highest BCUT2D eigenvalue weighted by atomic mass is 16.3. The fraction of sp³-hybridized carbons (Fsp3) is 0.471. The molecule has 0 N–H and O–H groups in total. The van der Waals surface area contributed by atoms with Crippen molar-refractivity contribution in [1.29, 1.82) is 0 Å². The van der Waals surface area contributed by atoms with E-state index < -0.39 is 0 Å². The Bertz CT molecular complexity index is 663. The van der Waals surface area contributed by atoms with E-state index >= 15 is 0 Å². The predicted octanol–water partition coefficient (Wildman–Crippen LogP) is 3.98. The number of amides is 1. The van der Waals surface area contributed by atoms with Crippen LogP contribution in [0.1, 0.15) is 46.5 Å². The normalized spacial score (nSPS) is 15.8. The van der Waals surface area contributed by atoms with E-state index in [9.17, 15) is 4.79 Å². The van der Waals surface area contributed by atoms with Gasteiger partial charge in [-0.25, -0.2) is 0 Å². The number of piperidine rings is 1. The first-order valence-corrected chi connectivity index (χ1v) is 7.37. The van der Waals surface area contributed by atoms with Crippen LogP contribution in [0.15, 0.2) is 16.5 Å². The zero-order valence-electron chi connectivity index (χ0n) is 12.5. The number of likely N-dealkylation sites (tertiary alicyclic amines) is 1. The molecule has 3 nitrogen and oxygen atoms in total. The van der Waals surface area contributed by atoms with Crippen molar-refractivity contribution in [3.63, 3.8) is 0 Å². The Balaban J connectivity index is 2.03. The number of hydrogen-bond acceptors (Lipinski definition) is 2. The lowest BCUT2D eigenvalue weighted by molar-refractivity contribution is 0.0693. The summed E-state index contributed by atoms with van der Waals surface area (Å²) in [6.07, 6.45) is 3.42. The van der Waals surface area contributed by atoms with E-state index in [0.717, 1.165) is 42.5 Å². The molecule has 20 heavy (non-hydrogen) atoms. The lowest BCUT2D eigenvalue weighted by atomic mass is 10.0. The average molecular weight is 271 g/mol. The van der Waals surface area contributed by atoms with Crippen LogP contribution in [0.3, 0.4) is 0 Å². The van der Waals surface area contributed by atoms with Crippen molar-refractivity contribution < 1.29 is 9.21 Å². The Kier molecular flexibility index (Phi) is 3.28. The van der Waals surface area contributed by atoms with E-state index in [2.05, 4.69) is 19.9 Å². The van der Waals surface area contributed by atoms with Crippen LogP contribution < -0.4 is 0 Å². The molecule has 1 amide bonds. The summed E-state index contributed by atoms with van der Waals surface area (Å²) in [6, 6.07) is 4.15. The van der Waals surface area contributed by atoms with Gasteiger partial charge in [-0.3, -0.25) is 4.79 Å². The number of carbonyl (C=O) groups is 1. The Morgan fingerprint density at radius 2 is 1.70 bits per heavy atom. The lowest BCUT2D eigenvalue weighted by Crippen LogP contribution is -2.35.